The summed E-state index contributed by atoms with van der Waals surface area (Å²) >= 11 is 9.72. The number of piperidine rings is 1. The van der Waals surface area contributed by atoms with Crippen LogP contribution < -0.4 is 4.74 Å². The number of thiophene rings is 1. The van der Waals surface area contributed by atoms with Gasteiger partial charge in [0.05, 0.1) is 7.11 Å². The summed E-state index contributed by atoms with van der Waals surface area (Å²) in [4.78, 5) is 0. The van der Waals surface area contributed by atoms with E-state index in [1.165, 1.54) is 21.8 Å². The molecular weight excluding hydrogens is 310 g/mol. The minimum absolute atomic E-state index is 0.761. The van der Waals surface area contributed by atoms with Crippen molar-refractivity contribution in [3.05, 3.63) is 23.2 Å². The first-order valence-electron chi connectivity index (χ1n) is 6.86. The van der Waals surface area contributed by atoms with E-state index in [4.69, 9.17) is 16.3 Å². The van der Waals surface area contributed by atoms with E-state index in [1.807, 2.05) is 24.1 Å². The van der Waals surface area contributed by atoms with Gasteiger partial charge in [-0.15, -0.1) is 11.3 Å². The summed E-state index contributed by atoms with van der Waals surface area (Å²) in [6.07, 6.45) is 2.57. The average Bonchev–Trinajstić information content (AvgIpc) is 2.78. The standard InChI is InChI=1S/C15H18ClNOS2/c1-10-5-7-17(8-6-10)20-15-14(18-2)12-9-11(16)3-4-13(12)19-15/h3-4,9-10H,5-8H2,1-2H3. The van der Waals surface area contributed by atoms with Crippen molar-refractivity contribution in [2.24, 2.45) is 5.92 Å². The van der Waals surface area contributed by atoms with Gasteiger partial charge in [0, 0.05) is 28.2 Å². The fraction of sp³-hybridized carbons (Fsp3) is 0.467. The second-order valence-electron chi connectivity index (χ2n) is 5.27. The Bertz CT molecular complexity index is 605. The van der Waals surface area contributed by atoms with Crippen LogP contribution in [0.25, 0.3) is 10.1 Å². The molecule has 1 aliphatic rings. The lowest BCUT2D eigenvalue weighted by Crippen LogP contribution is -2.26. The van der Waals surface area contributed by atoms with Crippen LogP contribution >= 0.6 is 34.9 Å². The number of methoxy groups -OCH3 is 1. The summed E-state index contributed by atoms with van der Waals surface area (Å²) in [5, 5.41) is 1.88. The van der Waals surface area contributed by atoms with Crippen molar-refractivity contribution in [2.75, 3.05) is 20.2 Å². The van der Waals surface area contributed by atoms with E-state index in [0.29, 0.717) is 0 Å². The van der Waals surface area contributed by atoms with E-state index in [0.717, 1.165) is 35.2 Å². The number of benzene rings is 1. The highest BCUT2D eigenvalue weighted by Crippen LogP contribution is 2.46. The second kappa shape index (κ2) is 6.14. The van der Waals surface area contributed by atoms with E-state index in [-0.39, 0.29) is 0 Å². The smallest absolute Gasteiger partial charge is 0.152 e. The zero-order valence-electron chi connectivity index (χ0n) is 11.7. The lowest BCUT2D eigenvalue weighted by Gasteiger charge is -2.28. The molecule has 0 bridgehead atoms. The Hall–Kier alpha value is -0.420. The van der Waals surface area contributed by atoms with Crippen LogP contribution in [0.2, 0.25) is 5.02 Å². The summed E-state index contributed by atoms with van der Waals surface area (Å²) in [6.45, 7) is 4.65. The lowest BCUT2D eigenvalue weighted by molar-refractivity contribution is 0.308. The van der Waals surface area contributed by atoms with Crippen LogP contribution in [0.4, 0.5) is 0 Å². The van der Waals surface area contributed by atoms with Gasteiger partial charge in [0.25, 0.3) is 0 Å². The third-order valence-electron chi connectivity index (χ3n) is 3.73. The SMILES string of the molecule is COc1c(SN2CCC(C)CC2)sc2ccc(Cl)cc12. The van der Waals surface area contributed by atoms with Crippen LogP contribution in [0.1, 0.15) is 19.8 Å². The van der Waals surface area contributed by atoms with Crippen molar-refractivity contribution in [3.8, 4) is 5.75 Å². The molecule has 0 N–H and O–H groups in total. The highest BCUT2D eigenvalue weighted by Gasteiger charge is 2.21. The maximum absolute atomic E-state index is 6.10. The normalized spacial score (nSPS) is 17.8. The molecule has 1 aliphatic heterocycles. The minimum Gasteiger partial charge on any atom is -0.494 e. The van der Waals surface area contributed by atoms with Crippen molar-refractivity contribution < 1.29 is 4.74 Å². The van der Waals surface area contributed by atoms with Gasteiger partial charge in [-0.05, 0) is 48.9 Å². The predicted octanol–water partition coefficient (Wildman–Crippen LogP) is 5.30. The Kier molecular flexibility index (Phi) is 4.46. The summed E-state index contributed by atoms with van der Waals surface area (Å²) in [5.41, 5.74) is 0. The largest absolute Gasteiger partial charge is 0.494 e. The molecule has 1 fully saturated rings. The monoisotopic (exact) mass is 327 g/mol. The van der Waals surface area contributed by atoms with Gasteiger partial charge in [-0.25, -0.2) is 4.31 Å². The van der Waals surface area contributed by atoms with Gasteiger partial charge in [-0.3, -0.25) is 0 Å². The molecule has 0 radical (unpaired) electrons. The number of hydrogen-bond donors (Lipinski definition) is 0. The fourth-order valence-electron chi connectivity index (χ4n) is 2.47. The number of ether oxygens (including phenoxy) is 1. The first-order chi connectivity index (χ1) is 9.67. The number of fused-ring (bicyclic) bond motifs is 1. The molecule has 2 aromatic rings. The molecule has 3 rings (SSSR count). The lowest BCUT2D eigenvalue weighted by atomic mass is 10.0. The van der Waals surface area contributed by atoms with Crippen LogP contribution in [-0.2, 0) is 0 Å². The van der Waals surface area contributed by atoms with Gasteiger partial charge in [0.1, 0.15) is 4.21 Å². The predicted molar refractivity (Wildman–Crippen MR) is 89.2 cm³/mol. The summed E-state index contributed by atoms with van der Waals surface area (Å²) in [6, 6.07) is 6.01. The highest BCUT2D eigenvalue weighted by atomic mass is 35.5. The van der Waals surface area contributed by atoms with E-state index in [9.17, 15) is 0 Å². The Morgan fingerprint density at radius 3 is 2.80 bits per heavy atom. The highest BCUT2D eigenvalue weighted by molar-refractivity contribution is 7.99. The molecule has 0 atom stereocenters. The summed E-state index contributed by atoms with van der Waals surface area (Å²) in [5.74, 6) is 1.83. The summed E-state index contributed by atoms with van der Waals surface area (Å²) in [7, 11) is 1.74. The Labute approximate surface area is 133 Å². The van der Waals surface area contributed by atoms with E-state index < -0.39 is 0 Å². The van der Waals surface area contributed by atoms with Gasteiger partial charge < -0.3 is 4.74 Å². The zero-order chi connectivity index (χ0) is 14.1. The van der Waals surface area contributed by atoms with Crippen LogP contribution in [0.5, 0.6) is 5.75 Å². The Balaban J connectivity index is 1.87. The molecule has 1 aromatic heterocycles. The maximum Gasteiger partial charge on any atom is 0.152 e. The first kappa shape index (κ1) is 14.5. The molecule has 20 heavy (non-hydrogen) atoms. The van der Waals surface area contributed by atoms with Crippen LogP contribution in [0.3, 0.4) is 0 Å². The topological polar surface area (TPSA) is 12.5 Å². The molecule has 0 saturated carbocycles. The fourth-order valence-corrected chi connectivity index (χ4v) is 5.17. The van der Waals surface area contributed by atoms with E-state index >= 15 is 0 Å². The van der Waals surface area contributed by atoms with Crippen molar-refractivity contribution in [1.82, 2.24) is 4.31 Å². The van der Waals surface area contributed by atoms with Crippen molar-refractivity contribution in [2.45, 2.75) is 24.0 Å². The van der Waals surface area contributed by atoms with E-state index in [1.54, 1.807) is 18.4 Å². The van der Waals surface area contributed by atoms with Gasteiger partial charge >= 0.3 is 0 Å². The number of hydrogen-bond acceptors (Lipinski definition) is 4. The molecule has 2 nitrogen and oxygen atoms in total. The minimum atomic E-state index is 0.761. The molecule has 1 saturated heterocycles. The van der Waals surface area contributed by atoms with Crippen molar-refractivity contribution in [1.29, 1.82) is 0 Å². The number of halogens is 1. The number of nitrogens with zero attached hydrogens (tertiary/aromatic N) is 1. The van der Waals surface area contributed by atoms with Crippen LogP contribution in [0.15, 0.2) is 22.4 Å². The first-order valence-corrected chi connectivity index (χ1v) is 8.83. The van der Waals surface area contributed by atoms with Crippen molar-refractivity contribution >= 4 is 45.0 Å². The maximum atomic E-state index is 6.10. The third kappa shape index (κ3) is 2.93. The van der Waals surface area contributed by atoms with Crippen LogP contribution in [-0.4, -0.2) is 24.5 Å². The van der Waals surface area contributed by atoms with Gasteiger partial charge in [-0.1, -0.05) is 18.5 Å². The molecule has 0 aliphatic carbocycles. The number of rotatable bonds is 3. The summed E-state index contributed by atoms with van der Waals surface area (Å²) < 4.78 is 10.5. The van der Waals surface area contributed by atoms with Crippen molar-refractivity contribution in [3.63, 3.8) is 0 Å². The molecule has 0 spiro atoms. The molecule has 0 amide bonds. The van der Waals surface area contributed by atoms with Crippen LogP contribution in [0, 0.1) is 5.92 Å². The molecule has 1 aromatic carbocycles. The van der Waals surface area contributed by atoms with Gasteiger partial charge in [0.2, 0.25) is 0 Å². The Morgan fingerprint density at radius 1 is 1.35 bits per heavy atom. The second-order valence-corrected chi connectivity index (χ2v) is 8.12. The molecule has 108 valence electrons. The molecule has 5 heteroatoms. The third-order valence-corrected chi connectivity index (χ3v) is 6.36. The van der Waals surface area contributed by atoms with Gasteiger partial charge in [-0.2, -0.15) is 0 Å². The zero-order valence-corrected chi connectivity index (χ0v) is 14.1. The van der Waals surface area contributed by atoms with E-state index in [2.05, 4.69) is 17.3 Å². The molecule has 2 heterocycles. The average molecular weight is 328 g/mol. The molecular formula is C15H18ClNOS2. The quantitative estimate of drug-likeness (QED) is 0.709. The molecule has 0 unspecified atom stereocenters. The Morgan fingerprint density at radius 2 is 2.10 bits per heavy atom. The van der Waals surface area contributed by atoms with Gasteiger partial charge in [0.15, 0.2) is 5.75 Å².